The maximum atomic E-state index is 12.8. The van der Waals surface area contributed by atoms with Crippen molar-refractivity contribution in [3.05, 3.63) is 41.7 Å². The van der Waals surface area contributed by atoms with Crippen molar-refractivity contribution in [1.82, 2.24) is 24.8 Å². The molecule has 156 valence electrons. The Morgan fingerprint density at radius 3 is 2.66 bits per heavy atom. The Balaban J connectivity index is 1.25. The number of carbonyl (C=O) groups excluding carboxylic acids is 1. The van der Waals surface area contributed by atoms with Crippen molar-refractivity contribution < 1.29 is 9.53 Å². The lowest BCUT2D eigenvalue weighted by Crippen LogP contribution is -2.39. The summed E-state index contributed by atoms with van der Waals surface area (Å²) in [5.41, 5.74) is 1.78. The number of amides is 1. The number of hydrogen-bond acceptors (Lipinski definition) is 6. The number of likely N-dealkylation sites (tertiary alicyclic amines) is 1. The third-order valence-electron chi connectivity index (χ3n) is 5.62. The van der Waals surface area contributed by atoms with Gasteiger partial charge in [-0.2, -0.15) is 0 Å². The van der Waals surface area contributed by atoms with E-state index >= 15 is 0 Å². The Morgan fingerprint density at radius 1 is 1.14 bits per heavy atom. The number of aryl methyl sites for hydroxylation is 1. The zero-order valence-electron chi connectivity index (χ0n) is 17.0. The highest BCUT2D eigenvalue weighted by Crippen LogP contribution is 2.32. The van der Waals surface area contributed by atoms with Crippen molar-refractivity contribution in [3.63, 3.8) is 0 Å². The molecule has 0 spiro atoms. The minimum absolute atomic E-state index is 0.00182. The van der Waals surface area contributed by atoms with Gasteiger partial charge in [0.05, 0.1) is 26.0 Å². The Hall–Kier alpha value is -1.90. The average molecular weight is 416 g/mol. The predicted molar refractivity (Wildman–Crippen MR) is 113 cm³/mol. The van der Waals surface area contributed by atoms with Crippen LogP contribution in [0.1, 0.15) is 28.9 Å². The van der Waals surface area contributed by atoms with Crippen LogP contribution in [0.15, 0.2) is 35.4 Å². The van der Waals surface area contributed by atoms with E-state index in [0.717, 1.165) is 65.3 Å². The van der Waals surface area contributed by atoms with Crippen molar-refractivity contribution in [1.29, 1.82) is 0 Å². The van der Waals surface area contributed by atoms with Crippen LogP contribution in [0, 0.1) is 6.92 Å². The summed E-state index contributed by atoms with van der Waals surface area (Å²) in [4.78, 5) is 18.4. The lowest BCUT2D eigenvalue weighted by Gasteiger charge is -2.31. The first kappa shape index (κ1) is 20.4. The molecule has 0 N–H and O–H groups in total. The Bertz CT molecular complexity index is 813. The van der Waals surface area contributed by atoms with Crippen LogP contribution in [0.5, 0.6) is 0 Å². The van der Waals surface area contributed by atoms with Crippen LogP contribution in [0.3, 0.4) is 0 Å². The smallest absolute Gasteiger partial charge is 0.276 e. The average Bonchev–Trinajstić information content (AvgIpc) is 3.24. The van der Waals surface area contributed by atoms with Gasteiger partial charge in [0, 0.05) is 42.9 Å². The van der Waals surface area contributed by atoms with E-state index in [4.69, 9.17) is 4.74 Å². The Morgan fingerprint density at radius 2 is 1.90 bits per heavy atom. The van der Waals surface area contributed by atoms with Gasteiger partial charge < -0.3 is 9.64 Å². The molecule has 1 aromatic heterocycles. The fourth-order valence-electron chi connectivity index (χ4n) is 3.78. The first-order valence-electron chi connectivity index (χ1n) is 10.4. The molecule has 0 aliphatic carbocycles. The molecule has 2 aromatic rings. The number of ether oxygens (including phenoxy) is 1. The number of thioether (sulfide) groups is 1. The van der Waals surface area contributed by atoms with E-state index in [0.29, 0.717) is 10.9 Å². The second kappa shape index (κ2) is 9.73. The second-order valence-corrected chi connectivity index (χ2v) is 9.04. The minimum Gasteiger partial charge on any atom is -0.379 e. The van der Waals surface area contributed by atoms with Crippen LogP contribution in [-0.4, -0.2) is 81.9 Å². The van der Waals surface area contributed by atoms with Gasteiger partial charge in [-0.15, -0.1) is 16.9 Å². The molecule has 3 heterocycles. The van der Waals surface area contributed by atoms with Crippen molar-refractivity contribution in [2.24, 2.45) is 0 Å². The molecule has 0 radical (unpaired) electrons. The number of carbonyl (C=O) groups is 1. The molecule has 0 bridgehead atoms. The SMILES string of the molecule is Cc1ccccc1SC1CCN(C(=O)c2cn(CCN3CCOCC3)nn2)CC1. The maximum Gasteiger partial charge on any atom is 0.276 e. The molecule has 0 atom stereocenters. The molecular weight excluding hydrogens is 386 g/mol. The molecule has 8 heteroatoms. The van der Waals surface area contributed by atoms with Crippen LogP contribution < -0.4 is 0 Å². The summed E-state index contributed by atoms with van der Waals surface area (Å²) in [5.74, 6) is 0.00182. The summed E-state index contributed by atoms with van der Waals surface area (Å²) >= 11 is 1.94. The molecule has 29 heavy (non-hydrogen) atoms. The molecule has 2 fully saturated rings. The normalized spacial score (nSPS) is 18.9. The number of rotatable bonds is 6. The van der Waals surface area contributed by atoms with Gasteiger partial charge >= 0.3 is 0 Å². The quantitative estimate of drug-likeness (QED) is 0.722. The predicted octanol–water partition coefficient (Wildman–Crippen LogP) is 2.32. The van der Waals surface area contributed by atoms with Gasteiger partial charge in [0.25, 0.3) is 5.91 Å². The molecular formula is C21H29N5O2S. The molecule has 2 aliphatic rings. The largest absolute Gasteiger partial charge is 0.379 e. The molecule has 0 unspecified atom stereocenters. The van der Waals surface area contributed by atoms with Crippen molar-refractivity contribution in [2.75, 3.05) is 45.9 Å². The summed E-state index contributed by atoms with van der Waals surface area (Å²) in [6, 6.07) is 8.52. The summed E-state index contributed by atoms with van der Waals surface area (Å²) in [7, 11) is 0. The van der Waals surface area contributed by atoms with Crippen LogP contribution in [0.25, 0.3) is 0 Å². The lowest BCUT2D eigenvalue weighted by molar-refractivity contribution is 0.0359. The number of aromatic nitrogens is 3. The highest BCUT2D eigenvalue weighted by Gasteiger charge is 2.26. The van der Waals surface area contributed by atoms with Crippen molar-refractivity contribution in [3.8, 4) is 0 Å². The van der Waals surface area contributed by atoms with E-state index < -0.39 is 0 Å². The summed E-state index contributed by atoms with van der Waals surface area (Å²) in [6.45, 7) is 8.86. The summed E-state index contributed by atoms with van der Waals surface area (Å²) in [5, 5.41) is 8.84. The molecule has 1 amide bonds. The van der Waals surface area contributed by atoms with Gasteiger partial charge in [-0.1, -0.05) is 23.4 Å². The highest BCUT2D eigenvalue weighted by atomic mass is 32.2. The third-order valence-corrected chi connectivity index (χ3v) is 7.14. The lowest BCUT2D eigenvalue weighted by atomic mass is 10.1. The van der Waals surface area contributed by atoms with Crippen LogP contribution in [0.4, 0.5) is 0 Å². The van der Waals surface area contributed by atoms with Crippen molar-refractivity contribution in [2.45, 2.75) is 36.5 Å². The molecule has 0 saturated carbocycles. The molecule has 2 aliphatic heterocycles. The molecule has 7 nitrogen and oxygen atoms in total. The standard InChI is InChI=1S/C21H29N5O2S/c1-17-4-2-3-5-20(17)29-18-6-8-25(9-7-18)21(27)19-16-26(23-22-19)11-10-24-12-14-28-15-13-24/h2-5,16,18H,6-15H2,1H3. The number of nitrogens with zero attached hydrogens (tertiary/aromatic N) is 5. The van der Waals surface area contributed by atoms with Gasteiger partial charge in [0.1, 0.15) is 0 Å². The van der Waals surface area contributed by atoms with E-state index in [-0.39, 0.29) is 5.91 Å². The molecule has 1 aromatic carbocycles. The van der Waals surface area contributed by atoms with E-state index in [1.165, 1.54) is 10.5 Å². The molecule has 2 saturated heterocycles. The minimum atomic E-state index is 0.00182. The Kier molecular flexibility index (Phi) is 6.84. The van der Waals surface area contributed by atoms with Crippen molar-refractivity contribution >= 4 is 17.7 Å². The first-order chi connectivity index (χ1) is 14.2. The molecule has 4 rings (SSSR count). The summed E-state index contributed by atoms with van der Waals surface area (Å²) < 4.78 is 7.15. The van der Waals surface area contributed by atoms with E-state index in [2.05, 4.69) is 46.4 Å². The first-order valence-corrected chi connectivity index (χ1v) is 11.3. The number of morpholine rings is 1. The van der Waals surface area contributed by atoms with Crippen LogP contribution in [-0.2, 0) is 11.3 Å². The van der Waals surface area contributed by atoms with E-state index in [1.807, 2.05) is 16.7 Å². The van der Waals surface area contributed by atoms with Crippen LogP contribution in [0.2, 0.25) is 0 Å². The number of hydrogen-bond donors (Lipinski definition) is 0. The fourth-order valence-corrected chi connectivity index (χ4v) is 5.00. The van der Waals surface area contributed by atoms with Gasteiger partial charge in [0.2, 0.25) is 0 Å². The summed E-state index contributed by atoms with van der Waals surface area (Å²) in [6.07, 6.45) is 3.81. The monoisotopic (exact) mass is 415 g/mol. The second-order valence-electron chi connectivity index (χ2n) is 7.70. The zero-order valence-corrected chi connectivity index (χ0v) is 17.8. The fraction of sp³-hybridized carbons (Fsp3) is 0.571. The Labute approximate surface area is 176 Å². The zero-order chi connectivity index (χ0) is 20.1. The van der Waals surface area contributed by atoms with Gasteiger partial charge in [0.15, 0.2) is 5.69 Å². The van der Waals surface area contributed by atoms with Gasteiger partial charge in [-0.05, 0) is 31.4 Å². The van der Waals surface area contributed by atoms with E-state index in [1.54, 1.807) is 10.9 Å². The van der Waals surface area contributed by atoms with Crippen LogP contribution >= 0.6 is 11.8 Å². The van der Waals surface area contributed by atoms with Gasteiger partial charge in [-0.3, -0.25) is 14.4 Å². The maximum absolute atomic E-state index is 12.8. The topological polar surface area (TPSA) is 63.5 Å². The number of piperidine rings is 1. The highest BCUT2D eigenvalue weighted by molar-refractivity contribution is 8.00. The third kappa shape index (κ3) is 5.38. The van der Waals surface area contributed by atoms with E-state index in [9.17, 15) is 4.79 Å². The number of benzene rings is 1. The van der Waals surface area contributed by atoms with Gasteiger partial charge in [-0.25, -0.2) is 0 Å².